The minimum atomic E-state index is -1.67. The molecule has 2 aromatic heterocycles. The van der Waals surface area contributed by atoms with Crippen molar-refractivity contribution in [1.29, 1.82) is 0 Å². The number of piperazine rings is 1. The largest absolute Gasteiger partial charge is 0.507 e. The van der Waals surface area contributed by atoms with Gasteiger partial charge in [0.25, 0.3) is 11.7 Å². The maximum absolute atomic E-state index is 13.4. The molecule has 0 spiro atoms. The number of rotatable bonds is 7. The van der Waals surface area contributed by atoms with E-state index in [0.717, 1.165) is 11.5 Å². The third-order valence-corrected chi connectivity index (χ3v) is 6.66. The molecule has 1 aromatic carbocycles. The van der Waals surface area contributed by atoms with Gasteiger partial charge in [0.05, 0.1) is 15.7 Å². The Morgan fingerprint density at radius 2 is 1.83 bits per heavy atom. The Kier molecular flexibility index (Phi) is 7.30. The molecule has 1 aliphatic heterocycles. The van der Waals surface area contributed by atoms with E-state index >= 15 is 0 Å². The number of carboxylic acids is 1. The summed E-state index contributed by atoms with van der Waals surface area (Å²) in [7, 11) is 0. The topological polar surface area (TPSA) is 139 Å². The van der Waals surface area contributed by atoms with E-state index in [1.54, 1.807) is 23.2 Å². The van der Waals surface area contributed by atoms with E-state index in [1.165, 1.54) is 6.07 Å². The summed E-state index contributed by atoms with van der Waals surface area (Å²) in [5.41, 5.74) is 1.89. The first kappa shape index (κ1) is 25.2. The zero-order valence-electron chi connectivity index (χ0n) is 19.8. The molecule has 0 saturated carbocycles. The van der Waals surface area contributed by atoms with Crippen molar-refractivity contribution in [1.82, 2.24) is 14.9 Å². The van der Waals surface area contributed by atoms with Gasteiger partial charge >= 0.3 is 5.97 Å². The number of H-pyrrole nitrogens is 1. The standard InChI is InChI=1S/C25H26BrN5O5/c1-14(2)28-17-7-4-8-27-23(17)30-9-11-31(12-10-30)24(34)22-20(26)16-6-3-5-15(21(16)29-22)18(32)13-19(33)25(35)36/h3-8,13-14,28-29,32H,9-12H2,1-2H3,(H,35,36). The first-order valence-corrected chi connectivity index (χ1v) is 12.2. The third kappa shape index (κ3) is 5.06. The fourth-order valence-corrected chi connectivity index (χ4v) is 4.76. The van der Waals surface area contributed by atoms with Crippen molar-refractivity contribution >= 4 is 61.8 Å². The smallest absolute Gasteiger partial charge is 0.376 e. The lowest BCUT2D eigenvalue weighted by Gasteiger charge is -2.36. The van der Waals surface area contributed by atoms with Gasteiger partial charge in [-0.25, -0.2) is 9.78 Å². The number of halogens is 1. The van der Waals surface area contributed by atoms with Gasteiger partial charge in [-0.1, -0.05) is 12.1 Å². The van der Waals surface area contributed by atoms with Gasteiger partial charge in [-0.2, -0.15) is 0 Å². The molecule has 0 bridgehead atoms. The first-order chi connectivity index (χ1) is 17.2. The van der Waals surface area contributed by atoms with Gasteiger partial charge in [0, 0.05) is 55.4 Å². The summed E-state index contributed by atoms with van der Waals surface area (Å²) in [4.78, 5) is 47.3. The Morgan fingerprint density at radius 1 is 1.11 bits per heavy atom. The summed E-state index contributed by atoms with van der Waals surface area (Å²) in [6.07, 6.45) is 2.40. The number of benzene rings is 1. The molecule has 1 saturated heterocycles. The minimum absolute atomic E-state index is 0.213. The van der Waals surface area contributed by atoms with E-state index < -0.39 is 17.5 Å². The SMILES string of the molecule is CC(C)Nc1cccnc1N1CCN(C(=O)c2[nH]c3c(C(O)=CC(=O)C(=O)O)cccc3c2Br)CC1. The number of aromatic amines is 1. The zero-order chi connectivity index (χ0) is 26.0. The number of aliphatic hydroxyl groups is 1. The predicted molar refractivity (Wildman–Crippen MR) is 140 cm³/mol. The zero-order valence-corrected chi connectivity index (χ0v) is 21.4. The Balaban J connectivity index is 1.55. The maximum atomic E-state index is 13.4. The van der Waals surface area contributed by atoms with Gasteiger partial charge in [0.2, 0.25) is 0 Å². The van der Waals surface area contributed by atoms with Gasteiger partial charge in [-0.05, 0) is 48.0 Å². The van der Waals surface area contributed by atoms with Crippen molar-refractivity contribution in [2.45, 2.75) is 19.9 Å². The Hall–Kier alpha value is -3.86. The molecule has 4 N–H and O–H groups in total. The number of carbonyl (C=O) groups excluding carboxylic acids is 2. The van der Waals surface area contributed by atoms with Crippen LogP contribution in [-0.4, -0.2) is 75.0 Å². The second-order valence-electron chi connectivity index (χ2n) is 8.69. The molecule has 3 aromatic rings. The number of fused-ring (bicyclic) bond motifs is 1. The summed E-state index contributed by atoms with van der Waals surface area (Å²) >= 11 is 3.49. The van der Waals surface area contributed by atoms with Crippen LogP contribution in [0.4, 0.5) is 11.5 Å². The van der Waals surface area contributed by atoms with Crippen molar-refractivity contribution in [2.75, 3.05) is 36.4 Å². The van der Waals surface area contributed by atoms with Crippen LogP contribution in [0.3, 0.4) is 0 Å². The van der Waals surface area contributed by atoms with Crippen LogP contribution < -0.4 is 10.2 Å². The average Bonchev–Trinajstić information content (AvgIpc) is 3.20. The molecule has 0 radical (unpaired) electrons. The van der Waals surface area contributed by atoms with E-state index in [1.807, 2.05) is 12.1 Å². The van der Waals surface area contributed by atoms with Crippen LogP contribution in [0.1, 0.15) is 29.9 Å². The highest BCUT2D eigenvalue weighted by Crippen LogP contribution is 2.33. The Morgan fingerprint density at radius 3 is 2.50 bits per heavy atom. The van der Waals surface area contributed by atoms with Crippen LogP contribution in [0.25, 0.3) is 16.7 Å². The molecular weight excluding hydrogens is 530 g/mol. The number of amides is 1. The van der Waals surface area contributed by atoms with Crippen molar-refractivity contribution < 1.29 is 24.6 Å². The number of carboxylic acid groups (broad SMARTS) is 1. The number of nitrogens with one attached hydrogen (secondary N) is 2. The molecular formula is C25H26BrN5O5. The van der Waals surface area contributed by atoms with Crippen molar-refractivity contribution in [2.24, 2.45) is 0 Å². The van der Waals surface area contributed by atoms with Gasteiger partial charge in [0.15, 0.2) is 5.82 Å². The monoisotopic (exact) mass is 555 g/mol. The molecule has 11 heteroatoms. The van der Waals surface area contributed by atoms with Gasteiger partial charge in [-0.3, -0.25) is 9.59 Å². The predicted octanol–water partition coefficient (Wildman–Crippen LogP) is 3.66. The van der Waals surface area contributed by atoms with E-state index in [4.69, 9.17) is 5.11 Å². The molecule has 3 heterocycles. The van der Waals surface area contributed by atoms with Crippen LogP contribution in [0.5, 0.6) is 0 Å². The van der Waals surface area contributed by atoms with Crippen molar-refractivity contribution in [3.8, 4) is 0 Å². The van der Waals surface area contributed by atoms with Crippen LogP contribution in [-0.2, 0) is 9.59 Å². The summed E-state index contributed by atoms with van der Waals surface area (Å²) in [6.45, 7) is 6.33. The van der Waals surface area contributed by atoms with E-state index in [-0.39, 0.29) is 17.5 Å². The summed E-state index contributed by atoms with van der Waals surface area (Å²) < 4.78 is 0.525. The summed E-state index contributed by atoms with van der Waals surface area (Å²) in [6, 6.07) is 9.08. The lowest BCUT2D eigenvalue weighted by molar-refractivity contribution is -0.146. The molecule has 188 valence electrons. The number of anilines is 2. The number of aromatic nitrogens is 2. The molecule has 0 unspecified atom stereocenters. The quantitative estimate of drug-likeness (QED) is 0.197. The normalized spacial score (nSPS) is 14.4. The highest BCUT2D eigenvalue weighted by atomic mass is 79.9. The number of pyridine rings is 1. The van der Waals surface area contributed by atoms with E-state index in [0.29, 0.717) is 53.3 Å². The molecule has 0 atom stereocenters. The molecule has 0 aliphatic carbocycles. The Bertz CT molecular complexity index is 1360. The second kappa shape index (κ2) is 10.4. The fraction of sp³-hybridized carbons (Fsp3) is 0.280. The number of nitrogens with zero attached hydrogens (tertiary/aromatic N) is 3. The summed E-state index contributed by atoms with van der Waals surface area (Å²) in [5, 5.41) is 23.2. The maximum Gasteiger partial charge on any atom is 0.376 e. The van der Waals surface area contributed by atoms with Crippen LogP contribution in [0.15, 0.2) is 47.1 Å². The molecule has 4 rings (SSSR count). The number of hydrogen-bond acceptors (Lipinski definition) is 7. The number of aliphatic hydroxyl groups excluding tert-OH is 1. The molecule has 1 aliphatic rings. The van der Waals surface area contributed by atoms with Gasteiger partial charge < -0.3 is 30.3 Å². The van der Waals surface area contributed by atoms with Crippen LogP contribution >= 0.6 is 15.9 Å². The second-order valence-corrected chi connectivity index (χ2v) is 9.49. The van der Waals surface area contributed by atoms with E-state index in [2.05, 4.69) is 50.0 Å². The summed E-state index contributed by atoms with van der Waals surface area (Å²) in [5.74, 6) is -2.78. The molecule has 36 heavy (non-hydrogen) atoms. The fourth-order valence-electron chi connectivity index (χ4n) is 4.16. The first-order valence-electron chi connectivity index (χ1n) is 11.4. The van der Waals surface area contributed by atoms with Crippen molar-refractivity contribution in [3.05, 3.63) is 58.3 Å². The number of hydrogen-bond donors (Lipinski definition) is 4. The van der Waals surface area contributed by atoms with E-state index in [9.17, 15) is 19.5 Å². The Labute approximate surface area is 215 Å². The lowest BCUT2D eigenvalue weighted by Crippen LogP contribution is -2.49. The van der Waals surface area contributed by atoms with Gasteiger partial charge in [-0.15, -0.1) is 0 Å². The molecule has 10 nitrogen and oxygen atoms in total. The average molecular weight is 556 g/mol. The lowest BCUT2D eigenvalue weighted by atomic mass is 10.1. The number of para-hydroxylation sites is 1. The van der Waals surface area contributed by atoms with Crippen LogP contribution in [0, 0.1) is 0 Å². The number of carbonyl (C=O) groups is 3. The van der Waals surface area contributed by atoms with Crippen LogP contribution in [0.2, 0.25) is 0 Å². The number of aliphatic carboxylic acids is 1. The van der Waals surface area contributed by atoms with Gasteiger partial charge in [0.1, 0.15) is 11.5 Å². The number of ketones is 1. The minimum Gasteiger partial charge on any atom is -0.507 e. The molecule has 1 amide bonds. The highest BCUT2D eigenvalue weighted by Gasteiger charge is 2.28. The molecule has 1 fully saturated rings. The highest BCUT2D eigenvalue weighted by molar-refractivity contribution is 9.10. The third-order valence-electron chi connectivity index (χ3n) is 5.84. The van der Waals surface area contributed by atoms with Crippen molar-refractivity contribution in [3.63, 3.8) is 0 Å².